The molecule has 1 unspecified atom stereocenters. The minimum Gasteiger partial charge on any atom is -0.486 e. The third kappa shape index (κ3) is 3.82. The molecule has 0 bridgehead atoms. The number of para-hydroxylation sites is 2. The highest BCUT2D eigenvalue weighted by atomic mass is 16.6. The molecule has 0 saturated carbocycles. The van der Waals surface area contributed by atoms with Crippen molar-refractivity contribution in [2.24, 2.45) is 0 Å². The maximum atomic E-state index is 12.6. The van der Waals surface area contributed by atoms with Gasteiger partial charge in [0, 0.05) is 30.5 Å². The number of nitrogens with zero attached hydrogens (tertiary/aromatic N) is 2. The van der Waals surface area contributed by atoms with Crippen LogP contribution in [0.4, 0.5) is 0 Å². The summed E-state index contributed by atoms with van der Waals surface area (Å²) >= 11 is 0. The molecular formula is C21H24N2O3. The number of carbonyl (C=O) groups is 1. The minimum absolute atomic E-state index is 0.00755. The van der Waals surface area contributed by atoms with E-state index in [4.69, 9.17) is 9.47 Å². The molecule has 5 nitrogen and oxygen atoms in total. The molecule has 0 radical (unpaired) electrons. The van der Waals surface area contributed by atoms with Crippen molar-refractivity contribution in [1.82, 2.24) is 9.88 Å². The lowest BCUT2D eigenvalue weighted by Crippen LogP contribution is -2.35. The quantitative estimate of drug-likeness (QED) is 0.845. The number of pyridine rings is 1. The van der Waals surface area contributed by atoms with E-state index >= 15 is 0 Å². The van der Waals surface area contributed by atoms with Crippen LogP contribution >= 0.6 is 0 Å². The van der Waals surface area contributed by atoms with E-state index < -0.39 is 0 Å². The molecule has 0 aliphatic carbocycles. The van der Waals surface area contributed by atoms with Crippen LogP contribution in [-0.2, 0) is 6.42 Å². The van der Waals surface area contributed by atoms with E-state index in [9.17, 15) is 4.79 Å². The van der Waals surface area contributed by atoms with Gasteiger partial charge in [-0.25, -0.2) is 0 Å². The number of rotatable bonds is 4. The van der Waals surface area contributed by atoms with E-state index in [2.05, 4.69) is 4.98 Å². The number of carbonyl (C=O) groups excluding carboxylic acids is 1. The fourth-order valence-electron chi connectivity index (χ4n) is 3.54. The Hall–Kier alpha value is -2.56. The van der Waals surface area contributed by atoms with Gasteiger partial charge in [0.25, 0.3) is 5.91 Å². The molecule has 0 N–H and O–H groups in total. The number of hydrogen-bond acceptors (Lipinski definition) is 4. The largest absolute Gasteiger partial charge is 0.486 e. The van der Waals surface area contributed by atoms with Crippen LogP contribution in [-0.4, -0.2) is 41.6 Å². The maximum Gasteiger partial charge on any atom is 0.253 e. The third-order valence-electron chi connectivity index (χ3n) is 5.00. The monoisotopic (exact) mass is 352 g/mol. The van der Waals surface area contributed by atoms with E-state index in [0.29, 0.717) is 6.61 Å². The topological polar surface area (TPSA) is 51.7 Å². The number of hydrogen-bond donors (Lipinski definition) is 0. The van der Waals surface area contributed by atoms with Gasteiger partial charge < -0.3 is 14.4 Å². The molecule has 3 heterocycles. The van der Waals surface area contributed by atoms with Gasteiger partial charge in [0.1, 0.15) is 12.7 Å². The number of benzene rings is 1. The highest BCUT2D eigenvalue weighted by Crippen LogP contribution is 2.31. The smallest absolute Gasteiger partial charge is 0.253 e. The van der Waals surface area contributed by atoms with Crippen molar-refractivity contribution in [3.63, 3.8) is 0 Å². The first-order chi connectivity index (χ1) is 12.8. The van der Waals surface area contributed by atoms with Gasteiger partial charge >= 0.3 is 0 Å². The number of fused-ring (bicyclic) bond motifs is 1. The van der Waals surface area contributed by atoms with E-state index in [0.717, 1.165) is 61.5 Å². The second kappa shape index (κ2) is 7.77. The first-order valence-corrected chi connectivity index (χ1v) is 9.42. The Balaban J connectivity index is 1.36. The SMILES string of the molecule is O=C(c1ccnc(CCC2COc3ccccc3O2)c1)N1CCCCC1. The standard InChI is InChI=1S/C21H24N2O3/c24-21(23-12-4-1-5-13-23)16-10-11-22-17(14-16)8-9-18-15-25-19-6-2-3-7-20(19)26-18/h2-3,6-7,10-11,14,18H,1,4-5,8-9,12-13,15H2. The molecule has 1 atom stereocenters. The van der Waals surface area contributed by atoms with Crippen molar-refractivity contribution in [3.8, 4) is 11.5 Å². The van der Waals surface area contributed by atoms with Gasteiger partial charge in [-0.15, -0.1) is 0 Å². The third-order valence-corrected chi connectivity index (χ3v) is 5.00. The lowest BCUT2D eigenvalue weighted by atomic mass is 10.1. The summed E-state index contributed by atoms with van der Waals surface area (Å²) in [4.78, 5) is 19.0. The highest BCUT2D eigenvalue weighted by molar-refractivity contribution is 5.94. The Labute approximate surface area is 153 Å². The molecule has 5 heteroatoms. The predicted octanol–water partition coefficient (Wildman–Crippen LogP) is 3.48. The molecule has 136 valence electrons. The zero-order valence-corrected chi connectivity index (χ0v) is 14.9. The van der Waals surface area contributed by atoms with Crippen molar-refractivity contribution < 1.29 is 14.3 Å². The molecule has 2 aliphatic rings. The van der Waals surface area contributed by atoms with Gasteiger partial charge in [-0.2, -0.15) is 0 Å². The molecule has 2 aliphatic heterocycles. The van der Waals surface area contributed by atoms with Crippen molar-refractivity contribution >= 4 is 5.91 Å². The maximum absolute atomic E-state index is 12.6. The molecule has 1 fully saturated rings. The van der Waals surface area contributed by atoms with Crippen molar-refractivity contribution in [2.75, 3.05) is 19.7 Å². The Morgan fingerprint density at radius 2 is 1.92 bits per heavy atom. The molecule has 1 aromatic heterocycles. The summed E-state index contributed by atoms with van der Waals surface area (Å²) in [5, 5.41) is 0. The van der Waals surface area contributed by atoms with Crippen LogP contribution in [0.1, 0.15) is 41.7 Å². The first kappa shape index (κ1) is 16.9. The lowest BCUT2D eigenvalue weighted by Gasteiger charge is -2.27. The fourth-order valence-corrected chi connectivity index (χ4v) is 3.54. The van der Waals surface area contributed by atoms with Gasteiger partial charge in [0.2, 0.25) is 0 Å². The Morgan fingerprint density at radius 3 is 2.77 bits per heavy atom. The molecule has 2 aromatic rings. The summed E-state index contributed by atoms with van der Waals surface area (Å²) in [6.45, 7) is 2.27. The Bertz CT molecular complexity index is 771. The minimum atomic E-state index is 0.00755. The predicted molar refractivity (Wildman–Crippen MR) is 98.7 cm³/mol. The van der Waals surface area contributed by atoms with Crippen LogP contribution in [0.3, 0.4) is 0 Å². The average molecular weight is 352 g/mol. The summed E-state index contributed by atoms with van der Waals surface area (Å²) < 4.78 is 11.8. The van der Waals surface area contributed by atoms with Crippen LogP contribution in [0.5, 0.6) is 11.5 Å². The van der Waals surface area contributed by atoms with Crippen molar-refractivity contribution in [3.05, 3.63) is 53.9 Å². The van der Waals surface area contributed by atoms with E-state index in [1.807, 2.05) is 41.3 Å². The number of aryl methyl sites for hydroxylation is 1. The summed E-state index contributed by atoms with van der Waals surface area (Å²) in [5.41, 5.74) is 1.67. The molecular weight excluding hydrogens is 328 g/mol. The van der Waals surface area contributed by atoms with Crippen LogP contribution in [0, 0.1) is 0 Å². The van der Waals surface area contributed by atoms with E-state index in [1.165, 1.54) is 6.42 Å². The van der Waals surface area contributed by atoms with Crippen LogP contribution in [0.25, 0.3) is 0 Å². The zero-order valence-electron chi connectivity index (χ0n) is 14.9. The number of amides is 1. The second-order valence-corrected chi connectivity index (χ2v) is 6.92. The zero-order chi connectivity index (χ0) is 17.8. The number of ether oxygens (including phenoxy) is 2. The number of likely N-dealkylation sites (tertiary alicyclic amines) is 1. The second-order valence-electron chi connectivity index (χ2n) is 6.92. The molecule has 1 amide bonds. The van der Waals surface area contributed by atoms with Crippen LogP contribution < -0.4 is 9.47 Å². The number of aromatic nitrogens is 1. The molecule has 1 aromatic carbocycles. The Kier molecular flexibility index (Phi) is 5.04. The first-order valence-electron chi connectivity index (χ1n) is 9.42. The average Bonchev–Trinajstić information content (AvgIpc) is 2.72. The molecule has 26 heavy (non-hydrogen) atoms. The highest BCUT2D eigenvalue weighted by Gasteiger charge is 2.21. The van der Waals surface area contributed by atoms with Crippen LogP contribution in [0.15, 0.2) is 42.6 Å². The van der Waals surface area contributed by atoms with Gasteiger partial charge in [-0.05, 0) is 56.4 Å². The van der Waals surface area contributed by atoms with Gasteiger partial charge in [-0.1, -0.05) is 12.1 Å². The molecule has 4 rings (SSSR count). The summed E-state index contributed by atoms with van der Waals surface area (Å²) in [6, 6.07) is 11.5. The summed E-state index contributed by atoms with van der Waals surface area (Å²) in [7, 11) is 0. The van der Waals surface area contributed by atoms with Crippen LogP contribution in [0.2, 0.25) is 0 Å². The van der Waals surface area contributed by atoms with Crippen molar-refractivity contribution in [2.45, 2.75) is 38.2 Å². The molecule has 0 spiro atoms. The summed E-state index contributed by atoms with van der Waals surface area (Å²) in [6.07, 6.45) is 6.74. The van der Waals surface area contributed by atoms with E-state index in [-0.39, 0.29) is 12.0 Å². The van der Waals surface area contributed by atoms with E-state index in [1.54, 1.807) is 6.20 Å². The van der Waals surface area contributed by atoms with Gasteiger partial charge in [0.05, 0.1) is 0 Å². The van der Waals surface area contributed by atoms with Gasteiger partial charge in [0.15, 0.2) is 11.5 Å². The van der Waals surface area contributed by atoms with Gasteiger partial charge in [-0.3, -0.25) is 9.78 Å². The lowest BCUT2D eigenvalue weighted by molar-refractivity contribution is 0.0724. The normalized spacial score (nSPS) is 19.2. The summed E-state index contributed by atoms with van der Waals surface area (Å²) in [5.74, 6) is 1.72. The fraction of sp³-hybridized carbons (Fsp3) is 0.429. The number of piperidine rings is 1. The molecule has 1 saturated heterocycles. The Morgan fingerprint density at radius 1 is 1.12 bits per heavy atom. The van der Waals surface area contributed by atoms with Crippen molar-refractivity contribution in [1.29, 1.82) is 0 Å².